The molecule has 0 aliphatic carbocycles. The maximum atomic E-state index is 10.1. The zero-order valence-corrected chi connectivity index (χ0v) is 7.81. The van der Waals surface area contributed by atoms with E-state index in [0.717, 1.165) is 25.7 Å². The molecular weight excluding hydrogens is 160 g/mol. The Morgan fingerprint density at radius 2 is 1.45 bits per heavy atom. The van der Waals surface area contributed by atoms with Crippen LogP contribution in [0.15, 0.2) is 0 Å². The molecule has 0 saturated heterocycles. The van der Waals surface area contributed by atoms with Gasteiger partial charge in [-0.25, -0.2) is 8.42 Å². The van der Waals surface area contributed by atoms with Gasteiger partial charge in [0.15, 0.2) is 0 Å². The van der Waals surface area contributed by atoms with Gasteiger partial charge in [0.05, 0.1) is 0 Å². The highest BCUT2D eigenvalue weighted by Gasteiger charge is 1.90. The number of thiol groups is 1. The van der Waals surface area contributed by atoms with E-state index in [-0.39, 0.29) is 0 Å². The first kappa shape index (κ1) is 11.0. The quantitative estimate of drug-likeness (QED) is 0.475. The van der Waals surface area contributed by atoms with Gasteiger partial charge in [-0.15, -0.1) is 0 Å². The number of hydrogen-bond acceptors (Lipinski definition) is 2. The van der Waals surface area contributed by atoms with Crippen LogP contribution in [0.25, 0.3) is 0 Å². The van der Waals surface area contributed by atoms with E-state index in [1.54, 1.807) is 0 Å². The minimum Gasteiger partial charge on any atom is -0.232 e. The summed E-state index contributed by atoms with van der Waals surface area (Å²) in [6.07, 6.45) is 6.39. The van der Waals surface area contributed by atoms with Crippen LogP contribution < -0.4 is 0 Å². The van der Waals surface area contributed by atoms with Gasteiger partial charge in [-0.1, -0.05) is 39.0 Å². The van der Waals surface area contributed by atoms with Crippen molar-refractivity contribution in [2.75, 3.05) is 5.75 Å². The summed E-state index contributed by atoms with van der Waals surface area (Å²) in [5, 5.41) is 0. The molecule has 0 saturated carbocycles. The predicted molar refractivity (Wildman–Crippen MR) is 48.2 cm³/mol. The first-order valence-electron chi connectivity index (χ1n) is 4.18. The summed E-state index contributed by atoms with van der Waals surface area (Å²) >= 11 is 0. The van der Waals surface area contributed by atoms with Crippen molar-refractivity contribution in [1.29, 1.82) is 0 Å². The minimum atomic E-state index is -2.14. The fourth-order valence-corrected chi connectivity index (χ4v) is 1.43. The smallest absolute Gasteiger partial charge is 0.140 e. The number of hydrogen-bond donors (Lipinski definition) is 1. The van der Waals surface area contributed by atoms with E-state index < -0.39 is 10.7 Å². The average Bonchev–Trinajstić information content (AvgIpc) is 1.96. The molecular formula is C8H17O2S. The Labute approximate surface area is 71.0 Å². The molecule has 0 aliphatic heterocycles. The van der Waals surface area contributed by atoms with E-state index in [0.29, 0.717) is 5.75 Å². The van der Waals surface area contributed by atoms with E-state index in [9.17, 15) is 8.42 Å². The van der Waals surface area contributed by atoms with Crippen LogP contribution in [0.4, 0.5) is 0 Å². The van der Waals surface area contributed by atoms with Crippen LogP contribution in [0, 0.1) is 6.92 Å². The van der Waals surface area contributed by atoms with Crippen LogP contribution in [-0.4, -0.2) is 14.2 Å². The van der Waals surface area contributed by atoms with Gasteiger partial charge in [0.25, 0.3) is 0 Å². The monoisotopic (exact) mass is 177 g/mol. The van der Waals surface area contributed by atoms with Crippen molar-refractivity contribution < 1.29 is 8.42 Å². The predicted octanol–water partition coefficient (Wildman–Crippen LogP) is 1.77. The summed E-state index contributed by atoms with van der Waals surface area (Å²) < 4.78 is 20.2. The summed E-state index contributed by atoms with van der Waals surface area (Å²) in [5.41, 5.74) is 0. The summed E-state index contributed by atoms with van der Waals surface area (Å²) in [7, 11) is -2.14. The molecule has 0 aromatic rings. The lowest BCUT2D eigenvalue weighted by Crippen LogP contribution is -1.87. The summed E-state index contributed by atoms with van der Waals surface area (Å²) in [6.45, 7) is 3.73. The second kappa shape index (κ2) is 8.05. The molecule has 0 N–H and O–H groups in total. The molecule has 0 aromatic carbocycles. The molecule has 2 nitrogen and oxygen atoms in total. The van der Waals surface area contributed by atoms with Gasteiger partial charge in [0.2, 0.25) is 0 Å². The Morgan fingerprint density at radius 1 is 0.909 bits per heavy atom. The Bertz CT molecular complexity index is 133. The number of unbranched alkanes of at least 4 members (excludes halogenated alkanes) is 5. The van der Waals surface area contributed by atoms with Crippen molar-refractivity contribution in [2.45, 2.75) is 38.5 Å². The maximum Gasteiger partial charge on any atom is 0.140 e. The van der Waals surface area contributed by atoms with Crippen molar-refractivity contribution >= 4 is 10.7 Å². The maximum absolute atomic E-state index is 10.1. The molecule has 0 aliphatic rings. The van der Waals surface area contributed by atoms with Crippen molar-refractivity contribution in [1.82, 2.24) is 0 Å². The van der Waals surface area contributed by atoms with Gasteiger partial charge >= 0.3 is 0 Å². The third kappa shape index (κ3) is 9.95. The standard InChI is InChI=1S/C8H17O2S/c1-2-3-4-5-6-7-8-11(9)10/h11H,1-8H2. The highest BCUT2D eigenvalue weighted by Crippen LogP contribution is 2.04. The largest absolute Gasteiger partial charge is 0.232 e. The summed E-state index contributed by atoms with van der Waals surface area (Å²) in [5.74, 6) is 0.361. The topological polar surface area (TPSA) is 34.1 Å². The van der Waals surface area contributed by atoms with Crippen molar-refractivity contribution in [2.24, 2.45) is 0 Å². The van der Waals surface area contributed by atoms with Crippen LogP contribution in [-0.2, 0) is 10.7 Å². The third-order valence-corrected chi connectivity index (χ3v) is 2.27. The molecule has 0 unspecified atom stereocenters. The molecule has 0 amide bonds. The van der Waals surface area contributed by atoms with Gasteiger partial charge < -0.3 is 0 Å². The number of rotatable bonds is 7. The van der Waals surface area contributed by atoms with Gasteiger partial charge in [0, 0.05) is 5.75 Å². The van der Waals surface area contributed by atoms with E-state index in [4.69, 9.17) is 0 Å². The first-order chi connectivity index (χ1) is 5.27. The summed E-state index contributed by atoms with van der Waals surface area (Å²) in [4.78, 5) is 0. The molecule has 0 rings (SSSR count). The Kier molecular flexibility index (Phi) is 8.01. The van der Waals surface area contributed by atoms with Gasteiger partial charge in [-0.2, -0.15) is 0 Å². The lowest BCUT2D eigenvalue weighted by molar-refractivity contribution is 0.601. The molecule has 3 heteroatoms. The van der Waals surface area contributed by atoms with Crippen LogP contribution in [0.3, 0.4) is 0 Å². The van der Waals surface area contributed by atoms with Gasteiger partial charge in [0.1, 0.15) is 10.7 Å². The van der Waals surface area contributed by atoms with Crippen molar-refractivity contribution in [3.63, 3.8) is 0 Å². The highest BCUT2D eigenvalue weighted by atomic mass is 32.2. The molecule has 11 heavy (non-hydrogen) atoms. The third-order valence-electron chi connectivity index (χ3n) is 1.59. The molecule has 67 valence electrons. The molecule has 0 bridgehead atoms. The second-order valence-electron chi connectivity index (χ2n) is 2.68. The highest BCUT2D eigenvalue weighted by molar-refractivity contribution is 7.72. The van der Waals surface area contributed by atoms with Crippen molar-refractivity contribution in [3.8, 4) is 0 Å². The molecule has 0 atom stereocenters. The van der Waals surface area contributed by atoms with Crippen LogP contribution in [0.5, 0.6) is 0 Å². The average molecular weight is 177 g/mol. The van der Waals surface area contributed by atoms with E-state index >= 15 is 0 Å². The fraction of sp³-hybridized carbons (Fsp3) is 0.875. The van der Waals surface area contributed by atoms with Crippen LogP contribution in [0.1, 0.15) is 38.5 Å². The molecule has 0 heterocycles. The zero-order chi connectivity index (χ0) is 8.53. The first-order valence-corrected chi connectivity index (χ1v) is 5.54. The van der Waals surface area contributed by atoms with Crippen LogP contribution >= 0.6 is 0 Å². The minimum absolute atomic E-state index is 0.361. The molecule has 0 aromatic heterocycles. The van der Waals surface area contributed by atoms with E-state index in [2.05, 4.69) is 6.92 Å². The summed E-state index contributed by atoms with van der Waals surface area (Å²) in [6, 6.07) is 0. The Balaban J connectivity index is 2.90. The molecule has 0 spiro atoms. The second-order valence-corrected chi connectivity index (χ2v) is 3.79. The van der Waals surface area contributed by atoms with E-state index in [1.807, 2.05) is 0 Å². The Morgan fingerprint density at radius 3 is 2.00 bits per heavy atom. The van der Waals surface area contributed by atoms with Crippen molar-refractivity contribution in [3.05, 3.63) is 6.92 Å². The molecule has 1 radical (unpaired) electrons. The normalized spacial score (nSPS) is 10.7. The van der Waals surface area contributed by atoms with E-state index in [1.165, 1.54) is 12.8 Å². The fourth-order valence-electron chi connectivity index (χ4n) is 0.948. The zero-order valence-electron chi connectivity index (χ0n) is 6.92. The lowest BCUT2D eigenvalue weighted by atomic mass is 10.1. The van der Waals surface area contributed by atoms with Crippen LogP contribution in [0.2, 0.25) is 0 Å². The van der Waals surface area contributed by atoms with Gasteiger partial charge in [-0.05, 0) is 6.42 Å². The van der Waals surface area contributed by atoms with Gasteiger partial charge in [-0.3, -0.25) is 0 Å². The SMILES string of the molecule is [CH2]CCCCCCC[SH](=O)=O. The molecule has 0 fully saturated rings. The Hall–Kier alpha value is -0.0500. The lowest BCUT2D eigenvalue weighted by Gasteiger charge is -1.95.